The standard InChI is InChI=1S/C13H27N/c1-4-8-11(2)12(14)13(3)9-6-5-7-10-13/h11-12H,4-10,14H2,1-3H3. The fourth-order valence-corrected chi connectivity index (χ4v) is 3.01. The molecule has 0 radical (unpaired) electrons. The zero-order valence-corrected chi connectivity index (χ0v) is 10.2. The van der Waals surface area contributed by atoms with Gasteiger partial charge in [-0.1, -0.05) is 46.5 Å². The first-order valence-corrected chi connectivity index (χ1v) is 6.36. The average molecular weight is 197 g/mol. The summed E-state index contributed by atoms with van der Waals surface area (Å²) in [5, 5.41) is 0. The third kappa shape index (κ3) is 2.73. The van der Waals surface area contributed by atoms with Crippen LogP contribution in [0.2, 0.25) is 0 Å². The summed E-state index contributed by atoms with van der Waals surface area (Å²) >= 11 is 0. The molecule has 0 heterocycles. The van der Waals surface area contributed by atoms with Gasteiger partial charge in [-0.25, -0.2) is 0 Å². The molecule has 84 valence electrons. The monoisotopic (exact) mass is 197 g/mol. The first kappa shape index (κ1) is 12.0. The second-order valence-corrected chi connectivity index (χ2v) is 5.51. The lowest BCUT2D eigenvalue weighted by Crippen LogP contribution is -2.45. The first-order chi connectivity index (χ1) is 6.60. The lowest BCUT2D eigenvalue weighted by molar-refractivity contribution is 0.131. The van der Waals surface area contributed by atoms with Crippen molar-refractivity contribution in [1.29, 1.82) is 0 Å². The van der Waals surface area contributed by atoms with Crippen molar-refractivity contribution in [2.75, 3.05) is 0 Å². The van der Waals surface area contributed by atoms with Crippen LogP contribution in [0.5, 0.6) is 0 Å². The Morgan fingerprint density at radius 1 is 1.21 bits per heavy atom. The molecule has 0 aromatic heterocycles. The molecule has 2 atom stereocenters. The van der Waals surface area contributed by atoms with E-state index in [0.29, 0.717) is 17.4 Å². The van der Waals surface area contributed by atoms with Crippen molar-refractivity contribution in [3.8, 4) is 0 Å². The normalized spacial score (nSPS) is 25.7. The fraction of sp³-hybridized carbons (Fsp3) is 1.00. The van der Waals surface area contributed by atoms with Crippen LogP contribution in [-0.2, 0) is 0 Å². The van der Waals surface area contributed by atoms with Crippen LogP contribution in [-0.4, -0.2) is 6.04 Å². The predicted octanol–water partition coefficient (Wildman–Crippen LogP) is 3.72. The van der Waals surface area contributed by atoms with Crippen molar-refractivity contribution in [3.05, 3.63) is 0 Å². The van der Waals surface area contributed by atoms with E-state index in [-0.39, 0.29) is 0 Å². The van der Waals surface area contributed by atoms with Gasteiger partial charge in [0.1, 0.15) is 0 Å². The van der Waals surface area contributed by atoms with Crippen molar-refractivity contribution in [1.82, 2.24) is 0 Å². The van der Waals surface area contributed by atoms with E-state index >= 15 is 0 Å². The van der Waals surface area contributed by atoms with Crippen molar-refractivity contribution in [2.45, 2.75) is 71.8 Å². The average Bonchev–Trinajstić information content (AvgIpc) is 2.18. The lowest BCUT2D eigenvalue weighted by Gasteiger charge is -2.41. The predicted molar refractivity (Wildman–Crippen MR) is 63.2 cm³/mol. The minimum Gasteiger partial charge on any atom is -0.327 e. The number of hydrogen-bond donors (Lipinski definition) is 1. The van der Waals surface area contributed by atoms with Gasteiger partial charge in [0.15, 0.2) is 0 Å². The van der Waals surface area contributed by atoms with Crippen LogP contribution in [0.25, 0.3) is 0 Å². The molecule has 1 aliphatic carbocycles. The maximum Gasteiger partial charge on any atom is 0.0119 e. The molecule has 1 aliphatic rings. The van der Waals surface area contributed by atoms with E-state index in [9.17, 15) is 0 Å². The third-order valence-electron chi connectivity index (χ3n) is 4.16. The van der Waals surface area contributed by atoms with Crippen LogP contribution in [0.1, 0.15) is 65.7 Å². The van der Waals surface area contributed by atoms with Gasteiger partial charge < -0.3 is 5.73 Å². The third-order valence-corrected chi connectivity index (χ3v) is 4.16. The molecule has 1 rings (SSSR count). The summed E-state index contributed by atoms with van der Waals surface area (Å²) in [6.07, 6.45) is 9.46. The molecule has 1 fully saturated rings. The Kier molecular flexibility index (Phi) is 4.43. The Bertz CT molecular complexity index is 159. The highest BCUT2D eigenvalue weighted by Gasteiger charge is 2.35. The van der Waals surface area contributed by atoms with Crippen LogP contribution < -0.4 is 5.73 Å². The van der Waals surface area contributed by atoms with Crippen LogP contribution in [0.4, 0.5) is 0 Å². The molecule has 0 aromatic carbocycles. The van der Waals surface area contributed by atoms with Gasteiger partial charge in [0.25, 0.3) is 0 Å². The smallest absolute Gasteiger partial charge is 0.0119 e. The molecule has 2 unspecified atom stereocenters. The van der Waals surface area contributed by atoms with E-state index in [4.69, 9.17) is 5.73 Å². The summed E-state index contributed by atoms with van der Waals surface area (Å²) in [6, 6.07) is 0.419. The molecular formula is C13H27N. The van der Waals surface area contributed by atoms with Gasteiger partial charge in [-0.05, 0) is 30.6 Å². The highest BCUT2D eigenvalue weighted by molar-refractivity contribution is 4.90. The van der Waals surface area contributed by atoms with Crippen LogP contribution in [0, 0.1) is 11.3 Å². The second kappa shape index (κ2) is 5.16. The quantitative estimate of drug-likeness (QED) is 0.730. The molecule has 0 amide bonds. The zero-order valence-electron chi connectivity index (χ0n) is 10.2. The van der Waals surface area contributed by atoms with Gasteiger partial charge in [0.05, 0.1) is 0 Å². The Hall–Kier alpha value is -0.0400. The number of hydrogen-bond acceptors (Lipinski definition) is 1. The summed E-state index contributed by atoms with van der Waals surface area (Å²) < 4.78 is 0. The van der Waals surface area contributed by atoms with Crippen molar-refractivity contribution >= 4 is 0 Å². The summed E-state index contributed by atoms with van der Waals surface area (Å²) in [6.45, 7) is 6.99. The summed E-state index contributed by atoms with van der Waals surface area (Å²) in [5.41, 5.74) is 6.85. The molecule has 2 N–H and O–H groups in total. The van der Waals surface area contributed by atoms with E-state index < -0.39 is 0 Å². The topological polar surface area (TPSA) is 26.0 Å². The second-order valence-electron chi connectivity index (χ2n) is 5.51. The number of nitrogens with two attached hydrogens (primary N) is 1. The summed E-state index contributed by atoms with van der Waals surface area (Å²) in [7, 11) is 0. The summed E-state index contributed by atoms with van der Waals surface area (Å²) in [4.78, 5) is 0. The zero-order chi connectivity index (χ0) is 10.6. The molecule has 14 heavy (non-hydrogen) atoms. The van der Waals surface area contributed by atoms with E-state index in [2.05, 4.69) is 20.8 Å². The molecule has 0 aromatic rings. The van der Waals surface area contributed by atoms with Gasteiger partial charge in [0.2, 0.25) is 0 Å². The van der Waals surface area contributed by atoms with Gasteiger partial charge in [-0.3, -0.25) is 0 Å². The SMILES string of the molecule is CCCC(C)C(N)C1(C)CCCCC1. The Morgan fingerprint density at radius 3 is 2.29 bits per heavy atom. The molecule has 0 aliphatic heterocycles. The molecule has 1 nitrogen and oxygen atoms in total. The van der Waals surface area contributed by atoms with Gasteiger partial charge in [-0.2, -0.15) is 0 Å². The van der Waals surface area contributed by atoms with Crippen molar-refractivity contribution < 1.29 is 0 Å². The van der Waals surface area contributed by atoms with Crippen LogP contribution in [0.3, 0.4) is 0 Å². The van der Waals surface area contributed by atoms with Crippen LogP contribution in [0.15, 0.2) is 0 Å². The Morgan fingerprint density at radius 2 is 1.79 bits per heavy atom. The Balaban J connectivity index is 2.51. The maximum atomic E-state index is 6.41. The molecule has 0 spiro atoms. The minimum absolute atomic E-state index is 0.419. The largest absolute Gasteiger partial charge is 0.327 e. The summed E-state index contributed by atoms with van der Waals surface area (Å²) in [5.74, 6) is 0.697. The van der Waals surface area contributed by atoms with E-state index in [0.717, 1.165) is 0 Å². The highest BCUT2D eigenvalue weighted by atomic mass is 14.7. The van der Waals surface area contributed by atoms with Gasteiger partial charge in [-0.15, -0.1) is 0 Å². The van der Waals surface area contributed by atoms with Crippen molar-refractivity contribution in [3.63, 3.8) is 0 Å². The van der Waals surface area contributed by atoms with E-state index in [1.54, 1.807) is 0 Å². The first-order valence-electron chi connectivity index (χ1n) is 6.36. The molecular weight excluding hydrogens is 170 g/mol. The Labute approximate surface area is 89.5 Å². The molecule has 0 bridgehead atoms. The molecule has 1 heteroatoms. The number of rotatable bonds is 4. The van der Waals surface area contributed by atoms with E-state index in [1.165, 1.54) is 44.9 Å². The lowest BCUT2D eigenvalue weighted by atomic mass is 9.67. The minimum atomic E-state index is 0.419. The van der Waals surface area contributed by atoms with Gasteiger partial charge >= 0.3 is 0 Å². The van der Waals surface area contributed by atoms with Crippen molar-refractivity contribution in [2.24, 2.45) is 17.1 Å². The van der Waals surface area contributed by atoms with Crippen LogP contribution >= 0.6 is 0 Å². The van der Waals surface area contributed by atoms with E-state index in [1.807, 2.05) is 0 Å². The fourth-order valence-electron chi connectivity index (χ4n) is 3.01. The molecule has 1 saturated carbocycles. The van der Waals surface area contributed by atoms with Gasteiger partial charge in [0, 0.05) is 6.04 Å². The maximum absolute atomic E-state index is 6.41. The molecule has 0 saturated heterocycles. The highest BCUT2D eigenvalue weighted by Crippen LogP contribution is 2.40.